The van der Waals surface area contributed by atoms with Gasteiger partial charge in [-0.1, -0.05) is 44.2 Å². The first-order valence-corrected chi connectivity index (χ1v) is 6.86. The summed E-state index contributed by atoms with van der Waals surface area (Å²) in [6.07, 6.45) is 2.27. The molecule has 0 radical (unpaired) electrons. The zero-order valence-corrected chi connectivity index (χ0v) is 10.3. The van der Waals surface area contributed by atoms with Gasteiger partial charge in [0.15, 0.2) is 0 Å². The first-order chi connectivity index (χ1) is 6.86. The molecule has 0 aliphatic carbocycles. The lowest BCUT2D eigenvalue weighted by atomic mass is 10.2. The Balaban J connectivity index is 2.71. The van der Waals surface area contributed by atoms with Crippen molar-refractivity contribution < 1.29 is 0 Å². The molecule has 0 amide bonds. The van der Waals surface area contributed by atoms with Crippen LogP contribution in [0.1, 0.15) is 19.4 Å². The Morgan fingerprint density at radius 3 is 2.14 bits per heavy atom. The molecule has 0 nitrogen and oxygen atoms in total. The molecule has 14 heavy (non-hydrogen) atoms. The first kappa shape index (κ1) is 11.7. The van der Waals surface area contributed by atoms with Gasteiger partial charge in [-0.05, 0) is 23.1 Å². The second-order valence-electron chi connectivity index (χ2n) is 2.74. The quantitative estimate of drug-likeness (QED) is 0.722. The van der Waals surface area contributed by atoms with Crippen molar-refractivity contribution in [1.29, 1.82) is 0 Å². The molecule has 0 aliphatic heterocycles. The molecular weight excluding hydrogens is 208 g/mol. The molecule has 1 aromatic carbocycles. The summed E-state index contributed by atoms with van der Waals surface area (Å²) in [6, 6.07) is 10.5. The van der Waals surface area contributed by atoms with Gasteiger partial charge in [-0.3, -0.25) is 0 Å². The van der Waals surface area contributed by atoms with Crippen molar-refractivity contribution >= 4 is 29.6 Å². The van der Waals surface area contributed by atoms with E-state index in [2.05, 4.69) is 50.3 Å². The second kappa shape index (κ2) is 7.02. The SMILES string of the molecule is CCSC(=Cc1ccccc1)SCC. The van der Waals surface area contributed by atoms with Crippen molar-refractivity contribution in [3.05, 3.63) is 40.1 Å². The highest BCUT2D eigenvalue weighted by Gasteiger charge is 1.96. The van der Waals surface area contributed by atoms with E-state index in [0.29, 0.717) is 0 Å². The Bertz CT molecular complexity index is 270. The van der Waals surface area contributed by atoms with Crippen molar-refractivity contribution in [3.8, 4) is 0 Å². The maximum atomic E-state index is 2.27. The molecule has 0 fully saturated rings. The van der Waals surface area contributed by atoms with E-state index in [-0.39, 0.29) is 0 Å². The van der Waals surface area contributed by atoms with Crippen LogP contribution in [0.15, 0.2) is 34.6 Å². The third-order valence-electron chi connectivity index (χ3n) is 1.66. The fourth-order valence-corrected chi connectivity index (χ4v) is 3.14. The number of hydrogen-bond donors (Lipinski definition) is 0. The molecule has 0 N–H and O–H groups in total. The molecule has 2 heteroatoms. The van der Waals surface area contributed by atoms with Gasteiger partial charge in [-0.15, -0.1) is 23.5 Å². The molecule has 0 aliphatic rings. The van der Waals surface area contributed by atoms with E-state index in [1.165, 1.54) is 9.80 Å². The van der Waals surface area contributed by atoms with Gasteiger partial charge in [0.2, 0.25) is 0 Å². The van der Waals surface area contributed by atoms with Crippen molar-refractivity contribution in [1.82, 2.24) is 0 Å². The van der Waals surface area contributed by atoms with Gasteiger partial charge in [-0.2, -0.15) is 0 Å². The highest BCUT2D eigenvalue weighted by atomic mass is 32.2. The van der Waals surface area contributed by atoms with Crippen LogP contribution in [0.4, 0.5) is 0 Å². The predicted octanol–water partition coefficient (Wildman–Crippen LogP) is 4.49. The van der Waals surface area contributed by atoms with Gasteiger partial charge in [0.25, 0.3) is 0 Å². The zero-order chi connectivity index (χ0) is 10.2. The summed E-state index contributed by atoms with van der Waals surface area (Å²) in [5.41, 5.74) is 1.30. The molecule has 0 heterocycles. The van der Waals surface area contributed by atoms with Gasteiger partial charge >= 0.3 is 0 Å². The third kappa shape index (κ3) is 4.25. The van der Waals surface area contributed by atoms with Crippen LogP contribution in [0.3, 0.4) is 0 Å². The van der Waals surface area contributed by atoms with Crippen molar-refractivity contribution in [2.75, 3.05) is 11.5 Å². The van der Waals surface area contributed by atoms with Crippen LogP contribution in [0.2, 0.25) is 0 Å². The van der Waals surface area contributed by atoms with Crippen LogP contribution >= 0.6 is 23.5 Å². The Kier molecular flexibility index (Phi) is 5.88. The van der Waals surface area contributed by atoms with Crippen molar-refractivity contribution in [2.45, 2.75) is 13.8 Å². The van der Waals surface area contributed by atoms with Crippen LogP contribution in [-0.4, -0.2) is 11.5 Å². The summed E-state index contributed by atoms with van der Waals surface area (Å²) in [6.45, 7) is 4.39. The zero-order valence-electron chi connectivity index (χ0n) is 8.69. The Morgan fingerprint density at radius 1 is 1.07 bits per heavy atom. The summed E-state index contributed by atoms with van der Waals surface area (Å²) in [4.78, 5) is 0. The second-order valence-corrected chi connectivity index (χ2v) is 5.61. The lowest BCUT2D eigenvalue weighted by Crippen LogP contribution is -1.76. The molecule has 1 aromatic rings. The topological polar surface area (TPSA) is 0 Å². The standard InChI is InChI=1S/C12H16S2/c1-3-13-12(14-4-2)10-11-8-6-5-7-9-11/h5-10H,3-4H2,1-2H3. The molecule has 0 aromatic heterocycles. The molecule has 0 saturated carbocycles. The van der Waals surface area contributed by atoms with E-state index in [1.807, 2.05) is 23.5 Å². The highest BCUT2D eigenvalue weighted by molar-refractivity contribution is 8.22. The van der Waals surface area contributed by atoms with E-state index in [0.717, 1.165) is 11.5 Å². The fraction of sp³-hybridized carbons (Fsp3) is 0.333. The first-order valence-electron chi connectivity index (χ1n) is 4.89. The fourth-order valence-electron chi connectivity index (χ4n) is 1.09. The predicted molar refractivity (Wildman–Crippen MR) is 70.7 cm³/mol. The molecule has 0 atom stereocenters. The Morgan fingerprint density at radius 2 is 1.64 bits per heavy atom. The van der Waals surface area contributed by atoms with Crippen LogP contribution in [0.25, 0.3) is 6.08 Å². The van der Waals surface area contributed by atoms with E-state index < -0.39 is 0 Å². The highest BCUT2D eigenvalue weighted by Crippen LogP contribution is 2.29. The molecule has 0 saturated heterocycles. The van der Waals surface area contributed by atoms with E-state index in [9.17, 15) is 0 Å². The van der Waals surface area contributed by atoms with Gasteiger partial charge in [0, 0.05) is 4.24 Å². The van der Waals surface area contributed by atoms with Crippen molar-refractivity contribution in [2.24, 2.45) is 0 Å². The number of rotatable bonds is 5. The minimum Gasteiger partial charge on any atom is -0.120 e. The number of hydrogen-bond acceptors (Lipinski definition) is 2. The minimum absolute atomic E-state index is 1.14. The lowest BCUT2D eigenvalue weighted by molar-refractivity contribution is 1.53. The summed E-state index contributed by atoms with van der Waals surface area (Å²) in [5, 5.41) is 0. The van der Waals surface area contributed by atoms with Crippen LogP contribution in [0.5, 0.6) is 0 Å². The largest absolute Gasteiger partial charge is 0.120 e. The molecule has 76 valence electrons. The smallest absolute Gasteiger partial charge is 0.0406 e. The molecule has 0 spiro atoms. The summed E-state index contributed by atoms with van der Waals surface area (Å²) < 4.78 is 1.42. The monoisotopic (exact) mass is 224 g/mol. The van der Waals surface area contributed by atoms with E-state index in [1.54, 1.807) is 0 Å². The van der Waals surface area contributed by atoms with Gasteiger partial charge < -0.3 is 0 Å². The third-order valence-corrected chi connectivity index (χ3v) is 3.75. The average molecular weight is 224 g/mol. The maximum absolute atomic E-state index is 2.27. The molecule has 1 rings (SSSR count). The van der Waals surface area contributed by atoms with Crippen LogP contribution in [0, 0.1) is 0 Å². The van der Waals surface area contributed by atoms with Crippen molar-refractivity contribution in [3.63, 3.8) is 0 Å². The van der Waals surface area contributed by atoms with E-state index >= 15 is 0 Å². The number of thioether (sulfide) groups is 2. The Labute approximate surface area is 95.2 Å². The van der Waals surface area contributed by atoms with Gasteiger partial charge in [-0.25, -0.2) is 0 Å². The summed E-state index contributed by atoms with van der Waals surface area (Å²) in [5.74, 6) is 2.29. The lowest BCUT2D eigenvalue weighted by Gasteiger charge is -2.03. The normalized spacial score (nSPS) is 9.86. The molecule has 0 unspecified atom stereocenters. The van der Waals surface area contributed by atoms with Gasteiger partial charge in [0.05, 0.1) is 0 Å². The minimum atomic E-state index is 1.14. The summed E-state index contributed by atoms with van der Waals surface area (Å²) >= 11 is 3.84. The van der Waals surface area contributed by atoms with Crippen LogP contribution < -0.4 is 0 Å². The van der Waals surface area contributed by atoms with Crippen LogP contribution in [-0.2, 0) is 0 Å². The maximum Gasteiger partial charge on any atom is 0.0406 e. The van der Waals surface area contributed by atoms with E-state index in [4.69, 9.17) is 0 Å². The van der Waals surface area contributed by atoms with Gasteiger partial charge in [0.1, 0.15) is 0 Å². The average Bonchev–Trinajstić information content (AvgIpc) is 2.20. The molecule has 0 bridgehead atoms. The number of benzene rings is 1. The molecular formula is C12H16S2. The Hall–Kier alpha value is -0.340. The summed E-state index contributed by atoms with van der Waals surface area (Å²) in [7, 11) is 0.